The van der Waals surface area contributed by atoms with Crippen LogP contribution < -0.4 is 9.64 Å². The molecule has 5 nitrogen and oxygen atoms in total. The minimum absolute atomic E-state index is 0.0431. The molecule has 2 aromatic rings. The molecule has 1 saturated heterocycles. The fourth-order valence-corrected chi connectivity index (χ4v) is 3.23. The highest BCUT2D eigenvalue weighted by Crippen LogP contribution is 2.33. The first kappa shape index (κ1) is 18.5. The van der Waals surface area contributed by atoms with E-state index in [2.05, 4.69) is 20.8 Å². The zero-order chi connectivity index (χ0) is 18.5. The van der Waals surface area contributed by atoms with Gasteiger partial charge in [0, 0.05) is 28.8 Å². The summed E-state index contributed by atoms with van der Waals surface area (Å²) in [4.78, 5) is 14.7. The maximum atomic E-state index is 12.4. The van der Waals surface area contributed by atoms with E-state index in [1.54, 1.807) is 18.2 Å². The van der Waals surface area contributed by atoms with Crippen LogP contribution >= 0.6 is 15.9 Å². The van der Waals surface area contributed by atoms with E-state index in [1.807, 2.05) is 24.3 Å². The number of nitrogens with zero attached hydrogens (tertiary/aromatic N) is 1. The third-order valence-electron chi connectivity index (χ3n) is 4.24. The predicted octanol–water partition coefficient (Wildman–Crippen LogP) is 3.90. The van der Waals surface area contributed by atoms with E-state index >= 15 is 0 Å². The van der Waals surface area contributed by atoms with Crippen molar-refractivity contribution in [3.8, 4) is 11.5 Å². The number of carbonyl (C=O) groups is 1. The van der Waals surface area contributed by atoms with Gasteiger partial charge in [-0.1, -0.05) is 15.9 Å². The molecule has 0 amide bonds. The summed E-state index contributed by atoms with van der Waals surface area (Å²) in [6.07, 6.45) is 3.21. The molecule has 1 fully saturated rings. The summed E-state index contributed by atoms with van der Waals surface area (Å²) in [7, 11) is 1.48. The van der Waals surface area contributed by atoms with E-state index < -0.39 is 0 Å². The van der Waals surface area contributed by atoms with Crippen LogP contribution in [0.5, 0.6) is 11.5 Å². The lowest BCUT2D eigenvalue weighted by Crippen LogP contribution is -2.36. The van der Waals surface area contributed by atoms with E-state index in [9.17, 15) is 9.90 Å². The standard InChI is InChI=1S/C20H20BrNO4/c1-25-20-12-15(17(21)13-19(20)24)4-7-18(23)14-2-5-16(6-3-14)22-8-10-26-11-9-22/h2-7,12-13,24H,8-11H2,1H3. The van der Waals surface area contributed by atoms with E-state index in [4.69, 9.17) is 9.47 Å². The topological polar surface area (TPSA) is 59.0 Å². The van der Waals surface area contributed by atoms with Crippen molar-refractivity contribution >= 4 is 33.5 Å². The van der Waals surface area contributed by atoms with Gasteiger partial charge in [-0.15, -0.1) is 0 Å². The zero-order valence-electron chi connectivity index (χ0n) is 14.4. The Morgan fingerprint density at radius 2 is 1.92 bits per heavy atom. The van der Waals surface area contributed by atoms with Crippen molar-refractivity contribution in [2.75, 3.05) is 38.3 Å². The van der Waals surface area contributed by atoms with Crippen LogP contribution in [0, 0.1) is 0 Å². The maximum Gasteiger partial charge on any atom is 0.185 e. The number of methoxy groups -OCH3 is 1. The molecular formula is C20H20BrNO4. The SMILES string of the molecule is COc1cc(C=CC(=O)c2ccc(N3CCOCC3)cc2)c(Br)cc1O. The fourth-order valence-electron chi connectivity index (χ4n) is 2.77. The first-order valence-electron chi connectivity index (χ1n) is 8.30. The molecule has 1 N–H and O–H groups in total. The van der Waals surface area contributed by atoms with Crippen LogP contribution in [0.1, 0.15) is 15.9 Å². The Morgan fingerprint density at radius 1 is 1.23 bits per heavy atom. The van der Waals surface area contributed by atoms with Crippen LogP contribution in [0.2, 0.25) is 0 Å². The number of morpholine rings is 1. The van der Waals surface area contributed by atoms with E-state index in [1.165, 1.54) is 13.2 Å². The number of halogens is 1. The second-order valence-electron chi connectivity index (χ2n) is 5.89. The van der Waals surface area contributed by atoms with Gasteiger partial charge >= 0.3 is 0 Å². The van der Waals surface area contributed by atoms with Crippen LogP contribution in [-0.2, 0) is 4.74 Å². The van der Waals surface area contributed by atoms with Crippen LogP contribution in [0.25, 0.3) is 6.08 Å². The molecule has 1 heterocycles. The molecule has 3 rings (SSSR count). The molecule has 0 atom stereocenters. The molecule has 0 bridgehead atoms. The molecule has 0 aliphatic carbocycles. The van der Waals surface area contributed by atoms with Gasteiger partial charge in [0.05, 0.1) is 20.3 Å². The Balaban J connectivity index is 1.72. The van der Waals surface area contributed by atoms with Crippen LogP contribution in [0.4, 0.5) is 5.69 Å². The van der Waals surface area contributed by atoms with Crippen molar-refractivity contribution in [1.29, 1.82) is 0 Å². The summed E-state index contributed by atoms with van der Waals surface area (Å²) in [5.41, 5.74) is 2.47. The normalized spacial score (nSPS) is 14.6. The Hall–Kier alpha value is -2.31. The number of anilines is 1. The number of hydrogen-bond acceptors (Lipinski definition) is 5. The Labute approximate surface area is 161 Å². The molecule has 0 aromatic heterocycles. The van der Waals surface area contributed by atoms with Gasteiger partial charge in [0.2, 0.25) is 0 Å². The number of rotatable bonds is 5. The number of ether oxygens (including phenoxy) is 2. The van der Waals surface area contributed by atoms with E-state index in [0.29, 0.717) is 15.8 Å². The van der Waals surface area contributed by atoms with Gasteiger partial charge in [0.1, 0.15) is 0 Å². The lowest BCUT2D eigenvalue weighted by atomic mass is 10.1. The molecule has 2 aromatic carbocycles. The lowest BCUT2D eigenvalue weighted by Gasteiger charge is -2.28. The molecule has 1 aliphatic rings. The van der Waals surface area contributed by atoms with Crippen molar-refractivity contribution in [3.05, 3.63) is 58.1 Å². The second-order valence-corrected chi connectivity index (χ2v) is 6.74. The Morgan fingerprint density at radius 3 is 2.58 bits per heavy atom. The lowest BCUT2D eigenvalue weighted by molar-refractivity contribution is 0.104. The first-order chi connectivity index (χ1) is 12.6. The van der Waals surface area contributed by atoms with Crippen LogP contribution in [-0.4, -0.2) is 44.3 Å². The summed E-state index contributed by atoms with van der Waals surface area (Å²) in [6.45, 7) is 3.19. The second kappa shape index (κ2) is 8.38. The third kappa shape index (κ3) is 4.26. The van der Waals surface area contributed by atoms with Gasteiger partial charge in [-0.3, -0.25) is 4.79 Å². The summed E-state index contributed by atoms with van der Waals surface area (Å²) >= 11 is 3.38. The molecule has 0 spiro atoms. The molecule has 0 saturated carbocycles. The molecule has 6 heteroatoms. The number of ketones is 1. The highest BCUT2D eigenvalue weighted by molar-refractivity contribution is 9.10. The van der Waals surface area contributed by atoms with Crippen molar-refractivity contribution in [2.24, 2.45) is 0 Å². The van der Waals surface area contributed by atoms with Gasteiger partial charge in [0.25, 0.3) is 0 Å². The van der Waals surface area contributed by atoms with Gasteiger partial charge in [-0.05, 0) is 54.1 Å². The smallest absolute Gasteiger partial charge is 0.185 e. The van der Waals surface area contributed by atoms with Crippen molar-refractivity contribution in [3.63, 3.8) is 0 Å². The molecular weight excluding hydrogens is 398 g/mol. The minimum Gasteiger partial charge on any atom is -0.504 e. The number of phenols is 1. The Bertz CT molecular complexity index is 811. The van der Waals surface area contributed by atoms with Gasteiger partial charge in [0.15, 0.2) is 17.3 Å². The largest absolute Gasteiger partial charge is 0.504 e. The average Bonchev–Trinajstić information content (AvgIpc) is 2.68. The van der Waals surface area contributed by atoms with Gasteiger partial charge < -0.3 is 19.5 Å². The fraction of sp³-hybridized carbons (Fsp3) is 0.250. The summed E-state index contributed by atoms with van der Waals surface area (Å²) in [6, 6.07) is 10.8. The molecule has 0 radical (unpaired) electrons. The summed E-state index contributed by atoms with van der Waals surface area (Å²) < 4.78 is 11.1. The molecule has 26 heavy (non-hydrogen) atoms. The van der Waals surface area contributed by atoms with E-state index in [-0.39, 0.29) is 11.5 Å². The van der Waals surface area contributed by atoms with Crippen molar-refractivity contribution < 1.29 is 19.4 Å². The van der Waals surface area contributed by atoms with Crippen LogP contribution in [0.15, 0.2) is 46.9 Å². The monoisotopic (exact) mass is 417 g/mol. The van der Waals surface area contributed by atoms with Crippen LogP contribution in [0.3, 0.4) is 0 Å². The average molecular weight is 418 g/mol. The highest BCUT2D eigenvalue weighted by Gasteiger charge is 2.12. The number of phenolic OH excluding ortho intramolecular Hbond substituents is 1. The van der Waals surface area contributed by atoms with Crippen molar-refractivity contribution in [2.45, 2.75) is 0 Å². The van der Waals surface area contributed by atoms with Gasteiger partial charge in [-0.25, -0.2) is 0 Å². The van der Waals surface area contributed by atoms with Crippen molar-refractivity contribution in [1.82, 2.24) is 0 Å². The zero-order valence-corrected chi connectivity index (χ0v) is 16.0. The number of allylic oxidation sites excluding steroid dienone is 1. The van der Waals surface area contributed by atoms with E-state index in [0.717, 1.165) is 37.6 Å². The maximum absolute atomic E-state index is 12.4. The summed E-state index contributed by atoms with van der Waals surface area (Å²) in [5.74, 6) is 0.314. The number of carbonyl (C=O) groups excluding carboxylic acids is 1. The summed E-state index contributed by atoms with van der Waals surface area (Å²) in [5, 5.41) is 9.75. The predicted molar refractivity (Wildman–Crippen MR) is 105 cm³/mol. The molecule has 0 unspecified atom stereocenters. The number of aromatic hydroxyl groups is 1. The highest BCUT2D eigenvalue weighted by atomic mass is 79.9. The minimum atomic E-state index is -0.0857. The Kier molecular flexibility index (Phi) is 5.96. The first-order valence-corrected chi connectivity index (χ1v) is 9.09. The molecule has 1 aliphatic heterocycles. The quantitative estimate of drug-likeness (QED) is 0.590. The number of benzene rings is 2. The third-order valence-corrected chi connectivity index (χ3v) is 4.93. The van der Waals surface area contributed by atoms with Gasteiger partial charge in [-0.2, -0.15) is 0 Å². The molecule has 136 valence electrons. The number of hydrogen-bond donors (Lipinski definition) is 1.